The van der Waals surface area contributed by atoms with E-state index in [0.29, 0.717) is 47.6 Å². The molecule has 1 aliphatic heterocycles. The summed E-state index contributed by atoms with van der Waals surface area (Å²) >= 11 is 0. The van der Waals surface area contributed by atoms with Crippen molar-refractivity contribution in [1.82, 2.24) is 9.97 Å². The predicted molar refractivity (Wildman–Crippen MR) is 128 cm³/mol. The molecular formula is C26H30F3N3O3. The van der Waals surface area contributed by atoms with Crippen LogP contribution in [0.5, 0.6) is 11.5 Å². The summed E-state index contributed by atoms with van der Waals surface area (Å²) in [6.07, 6.45) is 1.83. The summed E-state index contributed by atoms with van der Waals surface area (Å²) in [6.45, 7) is 7.02. The monoisotopic (exact) mass is 489 g/mol. The Kier molecular flexibility index (Phi) is 6.81. The van der Waals surface area contributed by atoms with E-state index in [0.717, 1.165) is 18.9 Å². The first-order valence-electron chi connectivity index (χ1n) is 11.6. The summed E-state index contributed by atoms with van der Waals surface area (Å²) in [5.74, 6) is -2.29. The number of anilines is 1. The van der Waals surface area contributed by atoms with Gasteiger partial charge in [-0.2, -0.15) is 0 Å². The number of ether oxygens (including phenoxy) is 3. The molecule has 1 saturated heterocycles. The number of nitrogens with zero attached hydrogens (tertiary/aromatic N) is 2. The quantitative estimate of drug-likeness (QED) is 0.410. The van der Waals surface area contributed by atoms with Gasteiger partial charge in [0.05, 0.1) is 24.3 Å². The molecule has 4 rings (SSSR count). The molecule has 6 nitrogen and oxygen atoms in total. The number of alkyl halides is 2. The van der Waals surface area contributed by atoms with E-state index in [2.05, 4.69) is 15.3 Å². The maximum Gasteiger partial charge on any atom is 0.273 e. The zero-order valence-corrected chi connectivity index (χ0v) is 20.5. The van der Waals surface area contributed by atoms with E-state index in [9.17, 15) is 13.2 Å². The molecule has 2 aromatic carbocycles. The first-order chi connectivity index (χ1) is 16.5. The average molecular weight is 490 g/mol. The number of aryl methyl sites for hydroxylation is 1. The van der Waals surface area contributed by atoms with Gasteiger partial charge in [0.15, 0.2) is 11.5 Å². The standard InChI is InChI=1S/C26H30F3N3O3/c1-15-31-19-13-20(33-5)21(35-25(2,3)22-10-7-11-34-22)12-17(19)24(32-15)30-14-16-8-6-9-18(23(16)27)26(4,28)29/h6,8-9,12-13,22H,7,10-11,14H2,1-5H3,(H,30,31,32). The average Bonchev–Trinajstić information content (AvgIpc) is 3.33. The molecule has 1 N–H and O–H groups in total. The number of halogens is 3. The Morgan fingerprint density at radius 3 is 2.57 bits per heavy atom. The molecule has 1 unspecified atom stereocenters. The van der Waals surface area contributed by atoms with Gasteiger partial charge in [-0.15, -0.1) is 0 Å². The van der Waals surface area contributed by atoms with Crippen LogP contribution in [0.4, 0.5) is 19.0 Å². The maximum absolute atomic E-state index is 14.8. The van der Waals surface area contributed by atoms with E-state index in [4.69, 9.17) is 14.2 Å². The Balaban J connectivity index is 1.69. The van der Waals surface area contributed by atoms with Gasteiger partial charge in [0, 0.05) is 37.1 Å². The second-order valence-electron chi connectivity index (χ2n) is 9.37. The lowest BCUT2D eigenvalue weighted by atomic mass is 9.99. The molecule has 35 heavy (non-hydrogen) atoms. The molecule has 1 fully saturated rings. The minimum Gasteiger partial charge on any atom is -0.493 e. The number of aromatic nitrogens is 2. The first-order valence-corrected chi connectivity index (χ1v) is 11.6. The van der Waals surface area contributed by atoms with Gasteiger partial charge in [0.1, 0.15) is 23.1 Å². The van der Waals surface area contributed by atoms with E-state index in [1.54, 1.807) is 26.2 Å². The highest BCUT2D eigenvalue weighted by Gasteiger charge is 2.36. The molecule has 3 aromatic rings. The van der Waals surface area contributed by atoms with Gasteiger partial charge in [-0.25, -0.2) is 23.1 Å². The Bertz CT molecular complexity index is 1220. The number of rotatable bonds is 8. The van der Waals surface area contributed by atoms with Crippen molar-refractivity contribution in [3.8, 4) is 11.5 Å². The second-order valence-corrected chi connectivity index (χ2v) is 9.37. The summed E-state index contributed by atoms with van der Waals surface area (Å²) in [7, 11) is 1.56. The van der Waals surface area contributed by atoms with E-state index in [-0.39, 0.29) is 18.2 Å². The van der Waals surface area contributed by atoms with Crippen LogP contribution in [0.25, 0.3) is 10.9 Å². The molecule has 1 aliphatic rings. The zero-order valence-electron chi connectivity index (χ0n) is 20.5. The lowest BCUT2D eigenvalue weighted by molar-refractivity contribution is -0.0438. The third-order valence-electron chi connectivity index (χ3n) is 6.17. The van der Waals surface area contributed by atoms with Crippen LogP contribution in [-0.4, -0.2) is 35.4 Å². The van der Waals surface area contributed by atoms with Gasteiger partial charge in [-0.1, -0.05) is 18.2 Å². The molecule has 9 heteroatoms. The predicted octanol–water partition coefficient (Wildman–Crippen LogP) is 6.15. The van der Waals surface area contributed by atoms with Gasteiger partial charge < -0.3 is 19.5 Å². The topological polar surface area (TPSA) is 65.5 Å². The molecule has 0 spiro atoms. The summed E-state index contributed by atoms with van der Waals surface area (Å²) in [6, 6.07) is 7.51. The smallest absolute Gasteiger partial charge is 0.273 e. The van der Waals surface area contributed by atoms with Crippen molar-refractivity contribution in [3.05, 3.63) is 53.1 Å². The molecule has 0 saturated carbocycles. The number of hydrogen-bond acceptors (Lipinski definition) is 6. The number of nitrogens with one attached hydrogen (secondary N) is 1. The van der Waals surface area contributed by atoms with Gasteiger partial charge in [0.2, 0.25) is 0 Å². The van der Waals surface area contributed by atoms with Crippen molar-refractivity contribution < 1.29 is 27.4 Å². The van der Waals surface area contributed by atoms with Crippen molar-refractivity contribution in [3.63, 3.8) is 0 Å². The zero-order chi connectivity index (χ0) is 25.4. The fourth-order valence-corrected chi connectivity index (χ4v) is 4.34. The molecule has 0 radical (unpaired) electrons. The fraction of sp³-hybridized carbons (Fsp3) is 0.462. The largest absolute Gasteiger partial charge is 0.493 e. The van der Waals surface area contributed by atoms with Crippen LogP contribution in [-0.2, 0) is 17.2 Å². The van der Waals surface area contributed by atoms with Crippen LogP contribution >= 0.6 is 0 Å². The van der Waals surface area contributed by atoms with Gasteiger partial charge in [0.25, 0.3) is 5.92 Å². The van der Waals surface area contributed by atoms with E-state index in [1.165, 1.54) is 12.1 Å². The maximum atomic E-state index is 14.8. The van der Waals surface area contributed by atoms with Gasteiger partial charge >= 0.3 is 0 Å². The number of benzene rings is 2. The summed E-state index contributed by atoms with van der Waals surface area (Å²) in [5, 5.41) is 3.72. The molecule has 2 heterocycles. The first kappa shape index (κ1) is 25.0. The van der Waals surface area contributed by atoms with Crippen LogP contribution in [0.3, 0.4) is 0 Å². The summed E-state index contributed by atoms with van der Waals surface area (Å²) in [4.78, 5) is 8.97. The number of fused-ring (bicyclic) bond motifs is 1. The lowest BCUT2D eigenvalue weighted by Crippen LogP contribution is -2.41. The SMILES string of the molecule is COc1cc2nc(C)nc(NCc3cccc(C(C)(F)F)c3F)c2cc1OC(C)(C)C1CCCO1. The molecule has 188 valence electrons. The van der Waals surface area contributed by atoms with E-state index >= 15 is 0 Å². The third kappa shape index (κ3) is 5.29. The second kappa shape index (κ2) is 9.53. The van der Waals surface area contributed by atoms with Crippen LogP contribution in [0.1, 0.15) is 50.6 Å². The van der Waals surface area contributed by atoms with Crippen LogP contribution < -0.4 is 14.8 Å². The molecule has 0 amide bonds. The number of hydrogen-bond donors (Lipinski definition) is 1. The van der Waals surface area contributed by atoms with Gasteiger partial charge in [-0.05, 0) is 39.7 Å². The van der Waals surface area contributed by atoms with E-state index in [1.807, 2.05) is 13.8 Å². The van der Waals surface area contributed by atoms with Gasteiger partial charge in [-0.3, -0.25) is 0 Å². The van der Waals surface area contributed by atoms with Crippen molar-refractivity contribution in [2.24, 2.45) is 0 Å². The summed E-state index contributed by atoms with van der Waals surface area (Å²) in [5.41, 5.74) is -0.533. The molecule has 1 atom stereocenters. The Hall–Kier alpha value is -3.07. The highest BCUT2D eigenvalue weighted by molar-refractivity contribution is 5.91. The highest BCUT2D eigenvalue weighted by atomic mass is 19.3. The highest BCUT2D eigenvalue weighted by Crippen LogP contribution is 2.38. The molecule has 0 aliphatic carbocycles. The minimum absolute atomic E-state index is 0.0368. The van der Waals surface area contributed by atoms with Crippen molar-refractivity contribution in [2.75, 3.05) is 19.0 Å². The van der Waals surface area contributed by atoms with Crippen molar-refractivity contribution >= 4 is 16.7 Å². The van der Waals surface area contributed by atoms with Crippen LogP contribution in [0, 0.1) is 12.7 Å². The number of methoxy groups -OCH3 is 1. The Morgan fingerprint density at radius 1 is 1.14 bits per heavy atom. The van der Waals surface area contributed by atoms with Crippen LogP contribution in [0.15, 0.2) is 30.3 Å². The molecular weight excluding hydrogens is 459 g/mol. The molecule has 1 aromatic heterocycles. The Labute approximate surface area is 202 Å². The van der Waals surface area contributed by atoms with Crippen molar-refractivity contribution in [1.29, 1.82) is 0 Å². The van der Waals surface area contributed by atoms with E-state index < -0.39 is 22.9 Å². The fourth-order valence-electron chi connectivity index (χ4n) is 4.34. The lowest BCUT2D eigenvalue weighted by Gasteiger charge is -2.32. The third-order valence-corrected chi connectivity index (χ3v) is 6.17. The van der Waals surface area contributed by atoms with Crippen LogP contribution in [0.2, 0.25) is 0 Å². The normalized spacial score (nSPS) is 16.5. The van der Waals surface area contributed by atoms with Crippen molar-refractivity contribution in [2.45, 2.75) is 64.7 Å². The minimum atomic E-state index is -3.28. The molecule has 0 bridgehead atoms. The summed E-state index contributed by atoms with van der Waals surface area (Å²) < 4.78 is 60.0. The Morgan fingerprint density at radius 2 is 1.91 bits per heavy atom.